The zero-order chi connectivity index (χ0) is 15.4. The second-order valence-electron chi connectivity index (χ2n) is 5.67. The standard InChI is InChI=1S/C16H21N3O3.ClH/c1-21-10-16-19-13-8-12(3-4-14(13)22-16)18-15(20)5-2-11-6-7-17-9-11;/h3-4,8,11,17H,2,5-7,9-10H2,1H3,(H,18,20);1H. The van der Waals surface area contributed by atoms with E-state index in [9.17, 15) is 4.79 Å². The molecule has 1 unspecified atom stereocenters. The Balaban J connectivity index is 0.00000192. The van der Waals surface area contributed by atoms with Gasteiger partial charge in [0.05, 0.1) is 0 Å². The summed E-state index contributed by atoms with van der Waals surface area (Å²) in [6, 6.07) is 5.48. The molecule has 6 nitrogen and oxygen atoms in total. The lowest BCUT2D eigenvalue weighted by Gasteiger charge is -2.08. The summed E-state index contributed by atoms with van der Waals surface area (Å²) in [6.45, 7) is 2.44. The number of carbonyl (C=O) groups is 1. The maximum absolute atomic E-state index is 12.0. The molecule has 1 atom stereocenters. The van der Waals surface area contributed by atoms with Gasteiger partial charge in [-0.2, -0.15) is 0 Å². The van der Waals surface area contributed by atoms with E-state index in [4.69, 9.17) is 9.15 Å². The molecule has 0 spiro atoms. The molecule has 3 rings (SSSR count). The first-order valence-electron chi connectivity index (χ1n) is 7.63. The molecule has 126 valence electrons. The molecule has 2 heterocycles. The number of ether oxygens (including phenoxy) is 1. The van der Waals surface area contributed by atoms with Gasteiger partial charge < -0.3 is 19.8 Å². The molecular formula is C16H22ClN3O3. The molecular weight excluding hydrogens is 318 g/mol. The van der Waals surface area contributed by atoms with Crippen LogP contribution in [-0.4, -0.2) is 31.1 Å². The SMILES string of the molecule is COCc1nc2cc(NC(=O)CCC3CCNC3)ccc2o1.Cl. The number of carbonyl (C=O) groups excluding carboxylic acids is 1. The number of halogens is 1. The Morgan fingerprint density at radius 3 is 3.13 bits per heavy atom. The maximum Gasteiger partial charge on any atom is 0.224 e. The minimum atomic E-state index is 0. The van der Waals surface area contributed by atoms with Crippen molar-refractivity contribution < 1.29 is 13.9 Å². The van der Waals surface area contributed by atoms with Gasteiger partial charge in [0.15, 0.2) is 5.58 Å². The molecule has 0 bridgehead atoms. The number of rotatable bonds is 6. The fourth-order valence-electron chi connectivity index (χ4n) is 2.76. The molecule has 1 amide bonds. The van der Waals surface area contributed by atoms with E-state index in [1.54, 1.807) is 7.11 Å². The molecule has 1 aliphatic rings. The van der Waals surface area contributed by atoms with Crippen molar-refractivity contribution in [3.8, 4) is 0 Å². The van der Waals surface area contributed by atoms with Crippen LogP contribution < -0.4 is 10.6 Å². The van der Waals surface area contributed by atoms with Crippen LogP contribution >= 0.6 is 12.4 Å². The van der Waals surface area contributed by atoms with Gasteiger partial charge in [-0.05, 0) is 50.0 Å². The first kappa shape index (κ1) is 17.7. The molecule has 1 aliphatic heterocycles. The van der Waals surface area contributed by atoms with Gasteiger partial charge in [0.2, 0.25) is 11.8 Å². The summed E-state index contributed by atoms with van der Waals surface area (Å²) in [5.41, 5.74) is 2.17. The average molecular weight is 340 g/mol. The van der Waals surface area contributed by atoms with E-state index in [0.717, 1.165) is 30.7 Å². The highest BCUT2D eigenvalue weighted by atomic mass is 35.5. The van der Waals surface area contributed by atoms with Crippen molar-refractivity contribution in [3.63, 3.8) is 0 Å². The van der Waals surface area contributed by atoms with Crippen molar-refractivity contribution in [3.05, 3.63) is 24.1 Å². The topological polar surface area (TPSA) is 76.4 Å². The van der Waals surface area contributed by atoms with Crippen molar-refractivity contribution in [2.75, 3.05) is 25.5 Å². The lowest BCUT2D eigenvalue weighted by atomic mass is 10.0. The first-order chi connectivity index (χ1) is 10.7. The minimum Gasteiger partial charge on any atom is -0.438 e. The molecule has 7 heteroatoms. The number of nitrogens with zero attached hydrogens (tertiary/aromatic N) is 1. The predicted octanol–water partition coefficient (Wildman–Crippen LogP) is 2.72. The maximum atomic E-state index is 12.0. The van der Waals surface area contributed by atoms with Crippen molar-refractivity contribution in [1.82, 2.24) is 10.3 Å². The van der Waals surface area contributed by atoms with Gasteiger partial charge >= 0.3 is 0 Å². The Morgan fingerprint density at radius 1 is 1.52 bits per heavy atom. The predicted molar refractivity (Wildman–Crippen MR) is 90.8 cm³/mol. The fraction of sp³-hybridized carbons (Fsp3) is 0.500. The molecule has 1 aromatic carbocycles. The van der Waals surface area contributed by atoms with Gasteiger partial charge in [-0.15, -0.1) is 12.4 Å². The van der Waals surface area contributed by atoms with Crippen LogP contribution in [0.1, 0.15) is 25.2 Å². The molecule has 1 saturated heterocycles. The summed E-state index contributed by atoms with van der Waals surface area (Å²) in [4.78, 5) is 16.3. The molecule has 1 fully saturated rings. The summed E-state index contributed by atoms with van der Waals surface area (Å²) in [5, 5.41) is 6.24. The number of anilines is 1. The monoisotopic (exact) mass is 339 g/mol. The quantitative estimate of drug-likeness (QED) is 0.846. The first-order valence-corrected chi connectivity index (χ1v) is 7.63. The highest BCUT2D eigenvalue weighted by molar-refractivity contribution is 5.92. The molecule has 0 radical (unpaired) electrons. The third-order valence-electron chi connectivity index (χ3n) is 3.93. The molecule has 0 saturated carbocycles. The summed E-state index contributed by atoms with van der Waals surface area (Å²) in [5.74, 6) is 1.21. The van der Waals surface area contributed by atoms with Gasteiger partial charge in [-0.3, -0.25) is 4.79 Å². The molecule has 0 aliphatic carbocycles. The van der Waals surface area contributed by atoms with Crippen molar-refractivity contribution in [2.24, 2.45) is 5.92 Å². The number of oxazole rings is 1. The van der Waals surface area contributed by atoms with Crippen molar-refractivity contribution in [2.45, 2.75) is 25.9 Å². The van der Waals surface area contributed by atoms with Crippen LogP contribution in [0, 0.1) is 5.92 Å². The Labute approximate surface area is 141 Å². The Kier molecular flexibility index (Phi) is 6.38. The fourth-order valence-corrected chi connectivity index (χ4v) is 2.76. The minimum absolute atomic E-state index is 0. The third kappa shape index (κ3) is 4.67. The number of nitrogens with one attached hydrogen (secondary N) is 2. The van der Waals surface area contributed by atoms with E-state index in [-0.39, 0.29) is 18.3 Å². The van der Waals surface area contributed by atoms with E-state index >= 15 is 0 Å². The summed E-state index contributed by atoms with van der Waals surface area (Å²) < 4.78 is 10.5. The smallest absolute Gasteiger partial charge is 0.224 e. The van der Waals surface area contributed by atoms with Gasteiger partial charge in [0, 0.05) is 19.2 Å². The Hall–Kier alpha value is -1.63. The second kappa shape index (κ2) is 8.29. The van der Waals surface area contributed by atoms with Crippen molar-refractivity contribution >= 4 is 35.1 Å². The van der Waals surface area contributed by atoms with Crippen molar-refractivity contribution in [1.29, 1.82) is 0 Å². The number of fused-ring (bicyclic) bond motifs is 1. The average Bonchev–Trinajstić information content (AvgIpc) is 3.13. The van der Waals surface area contributed by atoms with Gasteiger partial charge in [-0.25, -0.2) is 4.98 Å². The number of hydrogen-bond donors (Lipinski definition) is 2. The Morgan fingerprint density at radius 2 is 2.39 bits per heavy atom. The zero-order valence-corrected chi connectivity index (χ0v) is 13.9. The highest BCUT2D eigenvalue weighted by Gasteiger charge is 2.16. The lowest BCUT2D eigenvalue weighted by Crippen LogP contribution is -2.14. The van der Waals surface area contributed by atoms with E-state index in [0.29, 0.717) is 30.4 Å². The van der Waals surface area contributed by atoms with Crippen LogP contribution in [0.25, 0.3) is 11.1 Å². The largest absolute Gasteiger partial charge is 0.438 e. The van der Waals surface area contributed by atoms with E-state index in [1.807, 2.05) is 18.2 Å². The van der Waals surface area contributed by atoms with E-state index in [2.05, 4.69) is 15.6 Å². The van der Waals surface area contributed by atoms with Crippen LogP contribution in [-0.2, 0) is 16.1 Å². The molecule has 2 N–H and O–H groups in total. The molecule has 1 aromatic heterocycles. The van der Waals surface area contributed by atoms with Crippen LogP contribution in [0.15, 0.2) is 22.6 Å². The number of benzene rings is 1. The van der Waals surface area contributed by atoms with E-state index < -0.39 is 0 Å². The summed E-state index contributed by atoms with van der Waals surface area (Å²) >= 11 is 0. The number of aromatic nitrogens is 1. The highest BCUT2D eigenvalue weighted by Crippen LogP contribution is 2.21. The molecule has 2 aromatic rings. The number of hydrogen-bond acceptors (Lipinski definition) is 5. The Bertz CT molecular complexity index is 653. The summed E-state index contributed by atoms with van der Waals surface area (Å²) in [6.07, 6.45) is 2.65. The van der Waals surface area contributed by atoms with Gasteiger partial charge in [0.1, 0.15) is 12.1 Å². The normalized spacial score (nSPS) is 17.2. The lowest BCUT2D eigenvalue weighted by molar-refractivity contribution is -0.116. The third-order valence-corrected chi connectivity index (χ3v) is 3.93. The van der Waals surface area contributed by atoms with Crippen LogP contribution in [0.3, 0.4) is 0 Å². The number of methoxy groups -OCH3 is 1. The van der Waals surface area contributed by atoms with Crippen LogP contribution in [0.2, 0.25) is 0 Å². The van der Waals surface area contributed by atoms with Crippen LogP contribution in [0.4, 0.5) is 5.69 Å². The molecule has 23 heavy (non-hydrogen) atoms. The van der Waals surface area contributed by atoms with E-state index in [1.165, 1.54) is 6.42 Å². The summed E-state index contributed by atoms with van der Waals surface area (Å²) in [7, 11) is 1.60. The van der Waals surface area contributed by atoms with Gasteiger partial charge in [0.25, 0.3) is 0 Å². The van der Waals surface area contributed by atoms with Gasteiger partial charge in [-0.1, -0.05) is 0 Å². The second-order valence-corrected chi connectivity index (χ2v) is 5.67. The van der Waals surface area contributed by atoms with Crippen LogP contribution in [0.5, 0.6) is 0 Å². The number of amides is 1. The zero-order valence-electron chi connectivity index (χ0n) is 13.1.